The smallest absolute Gasteiger partial charge is 0.240 e. The van der Waals surface area contributed by atoms with E-state index in [1.165, 1.54) is 0 Å². The van der Waals surface area contributed by atoms with E-state index in [0.29, 0.717) is 11.7 Å². The van der Waals surface area contributed by atoms with Crippen LogP contribution in [0.5, 0.6) is 0 Å². The Kier molecular flexibility index (Phi) is 3.21. The van der Waals surface area contributed by atoms with Crippen LogP contribution in [0.15, 0.2) is 0 Å². The lowest BCUT2D eigenvalue weighted by Gasteiger charge is -2.26. The first-order valence-electron chi connectivity index (χ1n) is 7.03. The van der Waals surface area contributed by atoms with E-state index in [1.807, 2.05) is 11.8 Å². The van der Waals surface area contributed by atoms with E-state index < -0.39 is 0 Å². The van der Waals surface area contributed by atoms with E-state index in [4.69, 9.17) is 11.6 Å². The van der Waals surface area contributed by atoms with Gasteiger partial charge in [0.25, 0.3) is 0 Å². The molecule has 7 nitrogen and oxygen atoms in total. The molecule has 1 aliphatic carbocycles. The lowest BCUT2D eigenvalue weighted by Crippen LogP contribution is -2.41. The largest absolute Gasteiger partial charge is 0.368 e. The van der Waals surface area contributed by atoms with E-state index in [9.17, 15) is 4.79 Å². The number of nitrogens with one attached hydrogen (secondary N) is 1. The van der Waals surface area contributed by atoms with Gasteiger partial charge in [0.1, 0.15) is 23.5 Å². The second-order valence-corrected chi connectivity index (χ2v) is 5.55. The van der Waals surface area contributed by atoms with Gasteiger partial charge in [-0.05, 0) is 32.6 Å². The molecule has 1 saturated heterocycles. The summed E-state index contributed by atoms with van der Waals surface area (Å²) in [6.45, 7) is 2.71. The Bertz CT molecular complexity index is 542. The minimum Gasteiger partial charge on any atom is -0.368 e. The third-order valence-corrected chi connectivity index (χ3v) is 4.07. The van der Waals surface area contributed by atoms with Gasteiger partial charge in [-0.15, -0.1) is 0 Å². The first kappa shape index (κ1) is 13.1. The number of nitrogen functional groups attached to an aromatic ring is 1. The summed E-state index contributed by atoms with van der Waals surface area (Å²) in [4.78, 5) is 22.7. The maximum absolute atomic E-state index is 11.6. The molecule has 1 aromatic rings. The van der Waals surface area contributed by atoms with Gasteiger partial charge in [0.05, 0.1) is 0 Å². The Hall–Kier alpha value is -1.89. The molecule has 1 atom stereocenters. The van der Waals surface area contributed by atoms with Crippen molar-refractivity contribution in [1.82, 2.24) is 9.97 Å². The standard InChI is InChI=1S/C13H20N6O/c1-7-11(18-15)16-12(8-4-5-8)17-13(7)19-6-2-3-9(19)10(14)20/h8-9H,2-6,15H2,1H3,(H2,14,20)(H,16,17,18). The van der Waals surface area contributed by atoms with Crippen molar-refractivity contribution in [2.75, 3.05) is 16.9 Å². The van der Waals surface area contributed by atoms with Crippen molar-refractivity contribution in [2.45, 2.75) is 44.6 Å². The van der Waals surface area contributed by atoms with Gasteiger partial charge < -0.3 is 16.1 Å². The number of amides is 1. The summed E-state index contributed by atoms with van der Waals surface area (Å²) in [5.41, 5.74) is 8.99. The molecule has 0 radical (unpaired) electrons. The zero-order valence-electron chi connectivity index (χ0n) is 11.6. The number of hydrazine groups is 1. The van der Waals surface area contributed by atoms with Crippen molar-refractivity contribution < 1.29 is 4.79 Å². The van der Waals surface area contributed by atoms with E-state index in [2.05, 4.69) is 15.4 Å². The highest BCUT2D eigenvalue weighted by molar-refractivity contribution is 5.84. The van der Waals surface area contributed by atoms with Crippen LogP contribution in [0.2, 0.25) is 0 Å². The van der Waals surface area contributed by atoms with Gasteiger partial charge in [-0.25, -0.2) is 15.8 Å². The molecule has 2 fully saturated rings. The lowest BCUT2D eigenvalue weighted by molar-refractivity contribution is -0.119. The van der Waals surface area contributed by atoms with Gasteiger partial charge in [-0.3, -0.25) is 4.79 Å². The molecule has 0 spiro atoms. The van der Waals surface area contributed by atoms with Crippen molar-refractivity contribution in [3.05, 3.63) is 11.4 Å². The van der Waals surface area contributed by atoms with Crippen LogP contribution in [0.3, 0.4) is 0 Å². The fourth-order valence-corrected chi connectivity index (χ4v) is 2.78. The number of hydrogen-bond acceptors (Lipinski definition) is 6. The lowest BCUT2D eigenvalue weighted by atomic mass is 10.2. The molecule has 5 N–H and O–H groups in total. The summed E-state index contributed by atoms with van der Waals surface area (Å²) in [5, 5.41) is 0. The first-order valence-corrected chi connectivity index (χ1v) is 7.03. The Labute approximate surface area is 117 Å². The average molecular weight is 276 g/mol. The van der Waals surface area contributed by atoms with Crippen LogP contribution < -0.4 is 21.9 Å². The molecule has 1 amide bonds. The van der Waals surface area contributed by atoms with Crippen molar-refractivity contribution in [1.29, 1.82) is 0 Å². The molecule has 7 heteroatoms. The quantitative estimate of drug-likeness (QED) is 0.542. The molecular weight excluding hydrogens is 256 g/mol. The summed E-state index contributed by atoms with van der Waals surface area (Å²) in [5.74, 6) is 7.92. The molecule has 0 aromatic carbocycles. The van der Waals surface area contributed by atoms with Crippen molar-refractivity contribution in [2.24, 2.45) is 11.6 Å². The summed E-state index contributed by atoms with van der Waals surface area (Å²) in [6.07, 6.45) is 3.96. The SMILES string of the molecule is Cc1c(NN)nc(C2CC2)nc1N1CCCC1C(N)=O. The molecular formula is C13H20N6O. The summed E-state index contributed by atoms with van der Waals surface area (Å²) >= 11 is 0. The first-order chi connectivity index (χ1) is 9.61. The molecule has 1 aromatic heterocycles. The number of anilines is 2. The van der Waals surface area contributed by atoms with Gasteiger partial charge in [0.15, 0.2) is 0 Å². The number of carbonyl (C=O) groups excluding carboxylic acids is 1. The number of primary amides is 1. The van der Waals surface area contributed by atoms with E-state index in [1.54, 1.807) is 0 Å². The van der Waals surface area contributed by atoms with E-state index >= 15 is 0 Å². The topological polar surface area (TPSA) is 110 Å². The van der Waals surface area contributed by atoms with Crippen LogP contribution in [0.25, 0.3) is 0 Å². The zero-order valence-corrected chi connectivity index (χ0v) is 11.6. The third kappa shape index (κ3) is 2.18. The zero-order chi connectivity index (χ0) is 14.3. The maximum atomic E-state index is 11.6. The molecule has 0 bridgehead atoms. The second-order valence-electron chi connectivity index (χ2n) is 5.55. The fraction of sp³-hybridized carbons (Fsp3) is 0.615. The second kappa shape index (κ2) is 4.90. The Morgan fingerprint density at radius 3 is 2.70 bits per heavy atom. The van der Waals surface area contributed by atoms with Crippen LogP contribution in [0.4, 0.5) is 11.6 Å². The predicted molar refractivity (Wildman–Crippen MR) is 76.1 cm³/mol. The Morgan fingerprint density at radius 2 is 2.10 bits per heavy atom. The van der Waals surface area contributed by atoms with E-state index in [0.717, 1.165) is 49.4 Å². The number of nitrogens with zero attached hydrogens (tertiary/aromatic N) is 3. The highest BCUT2D eigenvalue weighted by Gasteiger charge is 2.34. The number of hydrogen-bond donors (Lipinski definition) is 3. The summed E-state index contributed by atoms with van der Waals surface area (Å²) < 4.78 is 0. The van der Waals surface area contributed by atoms with Crippen molar-refractivity contribution in [3.8, 4) is 0 Å². The molecule has 3 rings (SSSR count). The predicted octanol–water partition coefficient (Wildman–Crippen LogP) is 0.402. The van der Waals surface area contributed by atoms with Gasteiger partial charge in [0.2, 0.25) is 5.91 Å². The number of nitrogens with two attached hydrogens (primary N) is 2. The maximum Gasteiger partial charge on any atom is 0.240 e. The van der Waals surface area contributed by atoms with Crippen LogP contribution >= 0.6 is 0 Å². The highest BCUT2D eigenvalue weighted by Crippen LogP contribution is 2.40. The minimum absolute atomic E-state index is 0.277. The Balaban J connectivity index is 2.02. The average Bonchev–Trinajstić information content (AvgIpc) is 3.16. The van der Waals surface area contributed by atoms with Crippen molar-refractivity contribution >= 4 is 17.5 Å². The van der Waals surface area contributed by atoms with E-state index in [-0.39, 0.29) is 11.9 Å². The van der Waals surface area contributed by atoms with Gasteiger partial charge in [0, 0.05) is 18.0 Å². The monoisotopic (exact) mass is 276 g/mol. The molecule has 1 unspecified atom stereocenters. The fourth-order valence-electron chi connectivity index (χ4n) is 2.78. The van der Waals surface area contributed by atoms with Crippen LogP contribution in [-0.2, 0) is 4.79 Å². The normalized spacial score (nSPS) is 22.1. The molecule has 2 aliphatic rings. The van der Waals surface area contributed by atoms with Gasteiger partial charge in [-0.2, -0.15) is 0 Å². The van der Waals surface area contributed by atoms with Crippen molar-refractivity contribution in [3.63, 3.8) is 0 Å². The molecule has 108 valence electrons. The highest BCUT2D eigenvalue weighted by atomic mass is 16.1. The number of rotatable bonds is 4. The molecule has 2 heterocycles. The van der Waals surface area contributed by atoms with Crippen LogP contribution in [0, 0.1) is 6.92 Å². The number of carbonyl (C=O) groups is 1. The molecule has 20 heavy (non-hydrogen) atoms. The third-order valence-electron chi connectivity index (χ3n) is 4.07. The van der Waals surface area contributed by atoms with Gasteiger partial charge in [-0.1, -0.05) is 0 Å². The summed E-state index contributed by atoms with van der Waals surface area (Å²) in [6, 6.07) is -0.277. The Morgan fingerprint density at radius 1 is 1.35 bits per heavy atom. The molecule has 1 saturated carbocycles. The van der Waals surface area contributed by atoms with Crippen LogP contribution in [-0.4, -0.2) is 28.5 Å². The van der Waals surface area contributed by atoms with Gasteiger partial charge >= 0.3 is 0 Å². The minimum atomic E-state index is -0.296. The summed E-state index contributed by atoms with van der Waals surface area (Å²) in [7, 11) is 0. The van der Waals surface area contributed by atoms with Crippen LogP contribution in [0.1, 0.15) is 43.0 Å². The molecule has 1 aliphatic heterocycles. The number of aromatic nitrogens is 2.